The third-order valence-electron chi connectivity index (χ3n) is 5.40. The van der Waals surface area contributed by atoms with Crippen LogP contribution in [0.3, 0.4) is 0 Å². The van der Waals surface area contributed by atoms with Gasteiger partial charge in [0.1, 0.15) is 0 Å². The van der Waals surface area contributed by atoms with E-state index >= 15 is 0 Å². The number of anilines is 1. The van der Waals surface area contributed by atoms with Crippen molar-refractivity contribution < 1.29 is 22.7 Å². The number of carbonyl (C=O) groups is 2. The molecule has 0 aliphatic carbocycles. The van der Waals surface area contributed by atoms with Gasteiger partial charge < -0.3 is 10.1 Å². The number of amides is 1. The molecule has 0 saturated carbocycles. The van der Waals surface area contributed by atoms with Crippen molar-refractivity contribution in [2.75, 3.05) is 18.4 Å². The van der Waals surface area contributed by atoms with Crippen LogP contribution in [0.25, 0.3) is 0 Å². The zero-order valence-electron chi connectivity index (χ0n) is 18.1. The van der Waals surface area contributed by atoms with Gasteiger partial charge >= 0.3 is 5.97 Å². The lowest BCUT2D eigenvalue weighted by atomic mass is 10.2. The van der Waals surface area contributed by atoms with E-state index in [-0.39, 0.29) is 10.5 Å². The van der Waals surface area contributed by atoms with Gasteiger partial charge in [-0.1, -0.05) is 30.5 Å². The Morgan fingerprint density at radius 2 is 1.66 bits per heavy atom. The minimum absolute atomic E-state index is 0.137. The van der Waals surface area contributed by atoms with E-state index in [0.29, 0.717) is 23.8 Å². The molecule has 0 bridgehead atoms. The van der Waals surface area contributed by atoms with Crippen molar-refractivity contribution in [2.24, 2.45) is 0 Å². The van der Waals surface area contributed by atoms with E-state index in [2.05, 4.69) is 5.32 Å². The Kier molecular flexibility index (Phi) is 7.92. The average molecular weight is 479 g/mol. The molecule has 32 heavy (non-hydrogen) atoms. The fourth-order valence-corrected chi connectivity index (χ4v) is 5.13. The molecule has 1 aliphatic heterocycles. The summed E-state index contributed by atoms with van der Waals surface area (Å²) in [6, 6.07) is 10.7. The Morgan fingerprint density at radius 3 is 2.28 bits per heavy atom. The largest absolute Gasteiger partial charge is 0.449 e. The fraction of sp³-hybridized carbons (Fsp3) is 0.391. The maximum Gasteiger partial charge on any atom is 0.338 e. The zero-order chi connectivity index (χ0) is 23.3. The maximum absolute atomic E-state index is 12.9. The molecule has 1 N–H and O–H groups in total. The molecule has 1 atom stereocenters. The second-order valence-electron chi connectivity index (χ2n) is 7.84. The van der Waals surface area contributed by atoms with Crippen LogP contribution in [0.2, 0.25) is 5.02 Å². The third kappa shape index (κ3) is 5.88. The number of hydrogen-bond acceptors (Lipinski definition) is 5. The second kappa shape index (κ2) is 10.5. The number of sulfonamides is 1. The smallest absolute Gasteiger partial charge is 0.338 e. The summed E-state index contributed by atoms with van der Waals surface area (Å²) in [5, 5.41) is 3.17. The van der Waals surface area contributed by atoms with Crippen molar-refractivity contribution in [1.82, 2.24) is 4.31 Å². The van der Waals surface area contributed by atoms with Crippen LogP contribution in [-0.2, 0) is 19.6 Å². The minimum Gasteiger partial charge on any atom is -0.449 e. The Labute approximate surface area is 193 Å². The number of rotatable bonds is 6. The monoisotopic (exact) mass is 478 g/mol. The highest BCUT2D eigenvalue weighted by Gasteiger charge is 2.26. The summed E-state index contributed by atoms with van der Waals surface area (Å²) in [5.41, 5.74) is 1.52. The average Bonchev–Trinajstić information content (AvgIpc) is 3.06. The highest BCUT2D eigenvalue weighted by atomic mass is 35.5. The van der Waals surface area contributed by atoms with Crippen LogP contribution in [0.1, 0.15) is 48.5 Å². The molecule has 3 rings (SSSR count). The Hall–Kier alpha value is -2.42. The van der Waals surface area contributed by atoms with E-state index in [9.17, 15) is 18.0 Å². The lowest BCUT2D eigenvalue weighted by Gasteiger charge is -2.20. The molecular formula is C23H27ClN2O5S. The molecule has 172 valence electrons. The van der Waals surface area contributed by atoms with E-state index in [1.165, 1.54) is 35.5 Å². The molecule has 1 heterocycles. The van der Waals surface area contributed by atoms with Crippen LogP contribution < -0.4 is 5.32 Å². The molecule has 0 spiro atoms. The highest BCUT2D eigenvalue weighted by Crippen LogP contribution is 2.22. The van der Waals surface area contributed by atoms with E-state index in [4.69, 9.17) is 16.3 Å². The van der Waals surface area contributed by atoms with Gasteiger partial charge in [0.15, 0.2) is 6.10 Å². The molecule has 0 aromatic heterocycles. The zero-order valence-corrected chi connectivity index (χ0v) is 19.7. The summed E-state index contributed by atoms with van der Waals surface area (Å²) < 4.78 is 32.5. The number of nitrogens with zero attached hydrogens (tertiary/aromatic N) is 1. The SMILES string of the molecule is Cc1ccc(Cl)cc1NC(=O)C(C)OC(=O)c1ccc(S(=O)(=O)N2CCCCCC2)cc1. The maximum atomic E-state index is 12.9. The van der Waals surface area contributed by atoms with Gasteiger partial charge in [0.05, 0.1) is 10.5 Å². The lowest BCUT2D eigenvalue weighted by Crippen LogP contribution is -2.32. The first-order chi connectivity index (χ1) is 15.2. The predicted octanol–water partition coefficient (Wildman–Crippen LogP) is 4.40. The molecule has 2 aromatic rings. The number of nitrogens with one attached hydrogen (secondary N) is 1. The first kappa shape index (κ1) is 24.2. The normalized spacial score (nSPS) is 16.1. The van der Waals surface area contributed by atoms with Gasteiger partial charge in [0, 0.05) is 23.8 Å². The molecule has 1 amide bonds. The van der Waals surface area contributed by atoms with E-state index in [1.807, 2.05) is 6.92 Å². The van der Waals surface area contributed by atoms with Gasteiger partial charge in [0.25, 0.3) is 5.91 Å². The van der Waals surface area contributed by atoms with Crippen LogP contribution >= 0.6 is 11.6 Å². The van der Waals surface area contributed by atoms with E-state index in [0.717, 1.165) is 31.2 Å². The van der Waals surface area contributed by atoms with Crippen molar-refractivity contribution in [2.45, 2.75) is 50.5 Å². The quantitative estimate of drug-likeness (QED) is 0.621. The van der Waals surface area contributed by atoms with Crippen molar-refractivity contribution in [3.8, 4) is 0 Å². The molecule has 1 fully saturated rings. The minimum atomic E-state index is -3.60. The molecular weight excluding hydrogens is 452 g/mol. The van der Waals surface area contributed by atoms with Gasteiger partial charge in [0.2, 0.25) is 10.0 Å². The summed E-state index contributed by atoms with van der Waals surface area (Å²) in [7, 11) is -3.60. The van der Waals surface area contributed by atoms with Crippen LogP contribution in [0.5, 0.6) is 0 Å². The number of benzene rings is 2. The first-order valence-electron chi connectivity index (χ1n) is 10.6. The van der Waals surface area contributed by atoms with Crippen molar-refractivity contribution >= 4 is 39.2 Å². The van der Waals surface area contributed by atoms with Gasteiger partial charge in [-0.15, -0.1) is 0 Å². The van der Waals surface area contributed by atoms with Gasteiger partial charge in [-0.25, -0.2) is 13.2 Å². The van der Waals surface area contributed by atoms with Crippen LogP contribution in [0.15, 0.2) is 47.4 Å². The number of carbonyl (C=O) groups excluding carboxylic acids is 2. The summed E-state index contributed by atoms with van der Waals surface area (Å²) in [6.07, 6.45) is 2.69. The molecule has 1 aliphatic rings. The Morgan fingerprint density at radius 1 is 1.03 bits per heavy atom. The molecule has 9 heteroatoms. The number of aryl methyl sites for hydroxylation is 1. The third-order valence-corrected chi connectivity index (χ3v) is 7.55. The van der Waals surface area contributed by atoms with E-state index < -0.39 is 28.0 Å². The van der Waals surface area contributed by atoms with Crippen LogP contribution in [0.4, 0.5) is 5.69 Å². The van der Waals surface area contributed by atoms with Crippen LogP contribution in [-0.4, -0.2) is 43.8 Å². The van der Waals surface area contributed by atoms with Gasteiger partial charge in [-0.05, 0) is 68.7 Å². The summed E-state index contributed by atoms with van der Waals surface area (Å²) >= 11 is 5.96. The first-order valence-corrected chi connectivity index (χ1v) is 12.4. The topological polar surface area (TPSA) is 92.8 Å². The summed E-state index contributed by atoms with van der Waals surface area (Å²) in [4.78, 5) is 25.0. The van der Waals surface area contributed by atoms with Crippen molar-refractivity contribution in [3.05, 3.63) is 58.6 Å². The molecule has 0 radical (unpaired) electrons. The molecule has 1 saturated heterocycles. The molecule has 1 unspecified atom stereocenters. The lowest BCUT2D eigenvalue weighted by molar-refractivity contribution is -0.123. The standard InChI is InChI=1S/C23H27ClN2O5S/c1-16-7-10-19(24)15-21(16)25-22(27)17(2)31-23(28)18-8-11-20(12-9-18)32(29,30)26-13-5-3-4-6-14-26/h7-12,15,17H,3-6,13-14H2,1-2H3,(H,25,27). The number of halogens is 1. The fourth-order valence-electron chi connectivity index (χ4n) is 3.44. The molecule has 2 aromatic carbocycles. The van der Waals surface area contributed by atoms with Crippen molar-refractivity contribution in [3.63, 3.8) is 0 Å². The van der Waals surface area contributed by atoms with Crippen LogP contribution in [0, 0.1) is 6.92 Å². The number of ether oxygens (including phenoxy) is 1. The Balaban J connectivity index is 1.63. The predicted molar refractivity (Wildman–Crippen MR) is 123 cm³/mol. The number of hydrogen-bond donors (Lipinski definition) is 1. The van der Waals surface area contributed by atoms with Crippen molar-refractivity contribution in [1.29, 1.82) is 0 Å². The number of esters is 1. The summed E-state index contributed by atoms with van der Waals surface area (Å²) in [6.45, 7) is 4.30. The Bertz CT molecular complexity index is 1080. The van der Waals surface area contributed by atoms with Gasteiger partial charge in [-0.2, -0.15) is 4.31 Å². The van der Waals surface area contributed by atoms with E-state index in [1.54, 1.807) is 18.2 Å². The second-order valence-corrected chi connectivity index (χ2v) is 10.2. The van der Waals surface area contributed by atoms with Gasteiger partial charge in [-0.3, -0.25) is 4.79 Å². The molecule has 7 nitrogen and oxygen atoms in total. The highest BCUT2D eigenvalue weighted by molar-refractivity contribution is 7.89. The summed E-state index contributed by atoms with van der Waals surface area (Å²) in [5.74, 6) is -1.21.